The lowest BCUT2D eigenvalue weighted by atomic mass is 9.91. The van der Waals surface area contributed by atoms with E-state index in [2.05, 4.69) is 529 Å². The summed E-state index contributed by atoms with van der Waals surface area (Å²) >= 11 is 0. The minimum atomic E-state index is 1.04. The SMILES string of the molecule is c1ccc(-n2c3ccccc3c3c(-c4cccc(N(c5ccc(-c6ccc(-c7cccc8ccccc78)cc6)cc5)c5ccc(-c6cccc7ccccc67)cc5)c4)c4ccc(-c5cccc(-n6c7ccccc7c7c(-c8cccc(N(c9ccc(-c%10ccc(-c%11cccc%12ccccc%11%12)cc%10)cc9)c9cc%10ccccc%10c%10ccccc9%10)c8)c8ccccc8cc76)c5)cc4cc32)cc1. The summed E-state index contributed by atoms with van der Waals surface area (Å²) in [6.07, 6.45) is 0. The normalized spacial score (nSPS) is 11.7. The van der Waals surface area contributed by atoms with Crippen LogP contribution in [0.2, 0.25) is 0 Å². The number of hydrogen-bond acceptors (Lipinski definition) is 2. The molecule has 0 N–H and O–H groups in total. The number of rotatable bonds is 16. The number of hydrogen-bond donors (Lipinski definition) is 0. The Balaban J connectivity index is 0.600. The highest BCUT2D eigenvalue weighted by molar-refractivity contribution is 6.26. The zero-order chi connectivity index (χ0) is 88.3. The zero-order valence-corrected chi connectivity index (χ0v) is 73.3. The van der Waals surface area contributed by atoms with Gasteiger partial charge in [0.25, 0.3) is 0 Å². The molecule has 24 aromatic carbocycles. The van der Waals surface area contributed by atoms with E-state index in [1.54, 1.807) is 0 Å². The van der Waals surface area contributed by atoms with Crippen molar-refractivity contribution in [2.45, 2.75) is 0 Å². The van der Waals surface area contributed by atoms with Crippen LogP contribution in [0.3, 0.4) is 0 Å². The van der Waals surface area contributed by atoms with Gasteiger partial charge in [-0.1, -0.05) is 388 Å². The van der Waals surface area contributed by atoms with E-state index >= 15 is 0 Å². The van der Waals surface area contributed by atoms with Gasteiger partial charge in [-0.25, -0.2) is 0 Å². The topological polar surface area (TPSA) is 16.3 Å². The van der Waals surface area contributed by atoms with Gasteiger partial charge < -0.3 is 18.9 Å². The second-order valence-electron chi connectivity index (χ2n) is 35.3. The van der Waals surface area contributed by atoms with Gasteiger partial charge in [0, 0.05) is 66.7 Å². The van der Waals surface area contributed by atoms with Crippen LogP contribution >= 0.6 is 0 Å². The maximum absolute atomic E-state index is 2.51. The summed E-state index contributed by atoms with van der Waals surface area (Å²) in [5.41, 5.74) is 31.8. The van der Waals surface area contributed by atoms with Gasteiger partial charge in [-0.15, -0.1) is 0 Å². The smallest absolute Gasteiger partial charge is 0.0553 e. The lowest BCUT2D eigenvalue weighted by Crippen LogP contribution is -2.11. The molecule has 0 saturated heterocycles. The molecule has 0 unspecified atom stereocenters. The standard InChI is InChI=1S/C130H84N4/c1-2-37-102(38-3-1)133-122-54-18-16-49-120(122)130-126(133)84-101-78-96(70-77-117(101)128(130)99-35-21-39-106(80-99)131(104-75-68-94(69-76-104)114-53-25-33-91-28-6-11-44-111(91)114)103-71-64-87(65-72-103)85-56-60-92(61-57-85)112-51-23-31-89-26-4-9-42-109(89)112)95-34-20-41-108(79-95)134-123-55-19-17-50-121(123)129-125(134)83-98-30-8-13-46-116(98)127(129)100-36-22-40-107(81-100)132(124-82-97-29-7-12-45-115(97)118-47-14-15-48-119(118)124)105-73-66-88(67-74-105)86-58-62-93(63-59-86)113-52-24-32-90-27-5-10-43-110(90)113/h1-84H. The lowest BCUT2D eigenvalue weighted by molar-refractivity contribution is 1.18. The summed E-state index contributed by atoms with van der Waals surface area (Å²) in [4.78, 5) is 4.91. The van der Waals surface area contributed by atoms with Gasteiger partial charge in [-0.05, 0) is 280 Å². The quantitative estimate of drug-likeness (QED) is 0.0897. The van der Waals surface area contributed by atoms with Crippen LogP contribution in [-0.2, 0) is 0 Å². The number of fused-ring (bicyclic) bond motifs is 14. The summed E-state index contributed by atoms with van der Waals surface area (Å²) in [6, 6.07) is 189. The third kappa shape index (κ3) is 13.2. The van der Waals surface area contributed by atoms with Crippen molar-refractivity contribution in [3.63, 3.8) is 0 Å². The second kappa shape index (κ2) is 32.2. The summed E-state index contributed by atoms with van der Waals surface area (Å²) in [7, 11) is 0. The molecular formula is C130H84N4. The summed E-state index contributed by atoms with van der Waals surface area (Å²) < 4.78 is 4.98. The second-order valence-corrected chi connectivity index (χ2v) is 35.3. The Hall–Kier alpha value is -17.7. The van der Waals surface area contributed by atoms with E-state index in [9.17, 15) is 0 Å². The van der Waals surface area contributed by atoms with Crippen molar-refractivity contribution in [1.29, 1.82) is 0 Å². The van der Waals surface area contributed by atoms with Gasteiger partial charge in [-0.3, -0.25) is 0 Å². The van der Waals surface area contributed by atoms with Crippen molar-refractivity contribution in [3.8, 4) is 100 Å². The van der Waals surface area contributed by atoms with E-state index in [0.717, 1.165) is 117 Å². The molecule has 26 rings (SSSR count). The highest BCUT2D eigenvalue weighted by Gasteiger charge is 2.27. The molecule has 0 amide bonds. The number of anilines is 6. The van der Waals surface area contributed by atoms with Crippen LogP contribution in [0, 0.1) is 0 Å². The lowest BCUT2D eigenvalue weighted by Gasteiger charge is -2.28. The maximum Gasteiger partial charge on any atom is 0.0553 e. The predicted octanol–water partition coefficient (Wildman–Crippen LogP) is 36.2. The number of nitrogens with zero attached hydrogens (tertiary/aromatic N) is 4. The van der Waals surface area contributed by atoms with Crippen LogP contribution in [0.25, 0.3) is 219 Å². The first-order valence-corrected chi connectivity index (χ1v) is 46.2. The molecule has 0 aliphatic rings. The number of benzene rings is 24. The molecule has 0 atom stereocenters. The van der Waals surface area contributed by atoms with Crippen LogP contribution in [0.1, 0.15) is 0 Å². The van der Waals surface area contributed by atoms with Gasteiger partial charge in [0.15, 0.2) is 0 Å². The minimum absolute atomic E-state index is 1.04. The van der Waals surface area contributed by atoms with E-state index in [-0.39, 0.29) is 0 Å². The maximum atomic E-state index is 2.51. The molecule has 0 spiro atoms. The molecule has 2 aromatic heterocycles. The van der Waals surface area contributed by atoms with E-state index in [1.807, 2.05) is 0 Å². The first kappa shape index (κ1) is 77.4. The fourth-order valence-corrected chi connectivity index (χ4v) is 21.6. The average molecular weight is 1700 g/mol. The van der Waals surface area contributed by atoms with Crippen molar-refractivity contribution < 1.29 is 0 Å². The van der Waals surface area contributed by atoms with Gasteiger partial charge in [-0.2, -0.15) is 0 Å². The van der Waals surface area contributed by atoms with Crippen molar-refractivity contribution in [2.24, 2.45) is 0 Å². The largest absolute Gasteiger partial charge is 0.310 e. The van der Waals surface area contributed by atoms with Crippen LogP contribution in [0.15, 0.2) is 510 Å². The van der Waals surface area contributed by atoms with Crippen molar-refractivity contribution >= 4 is 153 Å². The van der Waals surface area contributed by atoms with Gasteiger partial charge in [0.05, 0.1) is 27.8 Å². The summed E-state index contributed by atoms with van der Waals surface area (Å²) in [5, 5.41) is 21.7. The monoisotopic (exact) mass is 1700 g/mol. The summed E-state index contributed by atoms with van der Waals surface area (Å²) in [5.74, 6) is 0. The van der Waals surface area contributed by atoms with Crippen molar-refractivity contribution in [2.75, 3.05) is 9.80 Å². The minimum Gasteiger partial charge on any atom is -0.310 e. The number of para-hydroxylation sites is 3. The fraction of sp³-hybridized carbons (Fsp3) is 0. The molecule has 0 saturated carbocycles. The molecule has 2 heterocycles. The molecule has 0 radical (unpaired) electrons. The third-order valence-electron chi connectivity index (χ3n) is 27.8. The molecule has 0 fully saturated rings. The Morgan fingerprint density at radius 1 is 0.142 bits per heavy atom. The zero-order valence-electron chi connectivity index (χ0n) is 73.3. The van der Waals surface area contributed by atoms with E-state index < -0.39 is 0 Å². The molecule has 4 nitrogen and oxygen atoms in total. The molecule has 0 aliphatic carbocycles. The highest BCUT2D eigenvalue weighted by Crippen LogP contribution is 2.51. The van der Waals surface area contributed by atoms with Crippen LogP contribution in [0.5, 0.6) is 0 Å². The van der Waals surface area contributed by atoms with Gasteiger partial charge in [0.2, 0.25) is 0 Å². The first-order valence-electron chi connectivity index (χ1n) is 46.2. The van der Waals surface area contributed by atoms with E-state index in [1.165, 1.54) is 136 Å². The van der Waals surface area contributed by atoms with Crippen LogP contribution < -0.4 is 9.80 Å². The first-order chi connectivity index (χ1) is 66.4. The molecule has 4 heteroatoms. The number of aromatic nitrogens is 2. The van der Waals surface area contributed by atoms with Crippen molar-refractivity contribution in [1.82, 2.24) is 9.13 Å². The van der Waals surface area contributed by atoms with Gasteiger partial charge >= 0.3 is 0 Å². The molecule has 624 valence electrons. The van der Waals surface area contributed by atoms with Gasteiger partial charge in [0.1, 0.15) is 0 Å². The third-order valence-corrected chi connectivity index (χ3v) is 27.8. The average Bonchev–Trinajstić information content (AvgIpc) is 1.55. The highest BCUT2D eigenvalue weighted by atomic mass is 15.1. The Morgan fingerprint density at radius 2 is 0.470 bits per heavy atom. The molecule has 0 aliphatic heterocycles. The Bertz CT molecular complexity index is 9150. The van der Waals surface area contributed by atoms with E-state index in [4.69, 9.17) is 0 Å². The molecule has 0 bridgehead atoms. The van der Waals surface area contributed by atoms with Crippen LogP contribution in [0.4, 0.5) is 34.1 Å². The predicted molar refractivity (Wildman–Crippen MR) is 571 cm³/mol. The Kier molecular flexibility index (Phi) is 18.6. The van der Waals surface area contributed by atoms with E-state index in [0.29, 0.717) is 0 Å². The Labute approximate surface area is 776 Å². The molecule has 26 aromatic rings. The summed E-state index contributed by atoms with van der Waals surface area (Å²) in [6.45, 7) is 0. The molecular weight excluding hydrogens is 1620 g/mol. The Morgan fingerprint density at radius 3 is 0.985 bits per heavy atom. The fourth-order valence-electron chi connectivity index (χ4n) is 21.6. The van der Waals surface area contributed by atoms with Crippen LogP contribution in [-0.4, -0.2) is 9.13 Å². The van der Waals surface area contributed by atoms with Crippen molar-refractivity contribution in [3.05, 3.63) is 510 Å². The molecule has 134 heavy (non-hydrogen) atoms.